The number of nitrogens with zero attached hydrogens (tertiary/aromatic N) is 1. The number of fused-ring (bicyclic) bond motifs is 1. The second kappa shape index (κ2) is 6.92. The average molecular weight is 369 g/mol. The van der Waals surface area contributed by atoms with Crippen molar-refractivity contribution in [3.05, 3.63) is 96.1 Å². The molecule has 2 saturated heterocycles. The van der Waals surface area contributed by atoms with Gasteiger partial charge in [-0.2, -0.15) is 0 Å². The first-order valence-corrected chi connectivity index (χ1v) is 9.91. The van der Waals surface area contributed by atoms with Crippen LogP contribution in [0.2, 0.25) is 0 Å². The van der Waals surface area contributed by atoms with Gasteiger partial charge >= 0.3 is 0 Å². The number of rotatable bonds is 4. The van der Waals surface area contributed by atoms with Crippen LogP contribution in [0, 0.1) is 0 Å². The molecule has 1 amide bonds. The van der Waals surface area contributed by atoms with Crippen LogP contribution in [-0.4, -0.2) is 23.1 Å². The highest BCUT2D eigenvalue weighted by Crippen LogP contribution is 2.46. The predicted molar refractivity (Wildman–Crippen MR) is 110 cm³/mol. The smallest absolute Gasteiger partial charge is 0.225 e. The summed E-state index contributed by atoms with van der Waals surface area (Å²) >= 11 is 0. The summed E-state index contributed by atoms with van der Waals surface area (Å²) in [4.78, 5) is 14.7. The molecule has 140 valence electrons. The number of carbonyl (C=O) groups is 1. The molecular weight excluding hydrogens is 346 g/mol. The minimum atomic E-state index is -0.508. The van der Waals surface area contributed by atoms with Gasteiger partial charge in [0.1, 0.15) is 5.72 Å². The molecule has 2 atom stereocenters. The zero-order chi connectivity index (χ0) is 19.0. The SMILES string of the molecule is O=C1CC[C@]2(Cc3ccc(-c4ccccc4)cc3)OC[C@@H](c3ccccc3)N12. The quantitative estimate of drug-likeness (QED) is 0.649. The van der Waals surface area contributed by atoms with Crippen LogP contribution in [0.1, 0.15) is 30.0 Å². The molecular formula is C25H23NO2. The topological polar surface area (TPSA) is 29.5 Å². The molecule has 3 nitrogen and oxygen atoms in total. The molecule has 0 aliphatic carbocycles. The predicted octanol–water partition coefficient (Wildman–Crippen LogP) is 4.99. The molecule has 2 aliphatic rings. The van der Waals surface area contributed by atoms with Crippen molar-refractivity contribution in [3.63, 3.8) is 0 Å². The molecule has 0 radical (unpaired) electrons. The Morgan fingerprint density at radius 3 is 2.21 bits per heavy atom. The fraction of sp³-hybridized carbons (Fsp3) is 0.240. The van der Waals surface area contributed by atoms with E-state index < -0.39 is 5.72 Å². The van der Waals surface area contributed by atoms with Gasteiger partial charge < -0.3 is 9.64 Å². The van der Waals surface area contributed by atoms with Gasteiger partial charge in [0, 0.05) is 19.3 Å². The van der Waals surface area contributed by atoms with Crippen molar-refractivity contribution < 1.29 is 9.53 Å². The Labute approximate surface area is 165 Å². The second-order valence-electron chi connectivity index (χ2n) is 7.69. The summed E-state index contributed by atoms with van der Waals surface area (Å²) in [5, 5.41) is 0. The molecule has 3 aromatic rings. The van der Waals surface area contributed by atoms with Crippen LogP contribution in [0.5, 0.6) is 0 Å². The van der Waals surface area contributed by atoms with Crippen molar-refractivity contribution in [1.82, 2.24) is 4.90 Å². The standard InChI is InChI=1S/C25H23NO2/c27-24-15-16-25(26(24)23(18-28-25)22-9-5-2-6-10-22)17-19-11-13-21(14-12-19)20-7-3-1-4-8-20/h1-14,23H,15-18H2/t23-,25+/m0/s1. The molecule has 0 spiro atoms. The lowest BCUT2D eigenvalue weighted by atomic mass is 9.97. The lowest BCUT2D eigenvalue weighted by Gasteiger charge is -2.33. The molecule has 0 unspecified atom stereocenters. The Bertz CT molecular complexity index is 968. The van der Waals surface area contributed by atoms with E-state index in [4.69, 9.17) is 4.74 Å². The van der Waals surface area contributed by atoms with Crippen LogP contribution in [0.4, 0.5) is 0 Å². The van der Waals surface area contributed by atoms with Gasteiger partial charge in [-0.05, 0) is 22.3 Å². The highest BCUT2D eigenvalue weighted by atomic mass is 16.5. The second-order valence-corrected chi connectivity index (χ2v) is 7.69. The lowest BCUT2D eigenvalue weighted by Crippen LogP contribution is -2.44. The van der Waals surface area contributed by atoms with E-state index in [1.807, 2.05) is 29.2 Å². The number of hydrogen-bond acceptors (Lipinski definition) is 2. The van der Waals surface area contributed by atoms with E-state index in [0.717, 1.165) is 18.4 Å². The van der Waals surface area contributed by atoms with Gasteiger partial charge in [0.2, 0.25) is 5.91 Å². The van der Waals surface area contributed by atoms with Crippen molar-refractivity contribution in [3.8, 4) is 11.1 Å². The third kappa shape index (κ3) is 2.92. The monoisotopic (exact) mass is 369 g/mol. The van der Waals surface area contributed by atoms with Gasteiger partial charge in [-0.25, -0.2) is 0 Å². The summed E-state index contributed by atoms with van der Waals surface area (Å²) in [5.74, 6) is 0.201. The van der Waals surface area contributed by atoms with Crippen LogP contribution in [-0.2, 0) is 16.0 Å². The summed E-state index contributed by atoms with van der Waals surface area (Å²) in [6.07, 6.45) is 2.05. The maximum absolute atomic E-state index is 12.7. The minimum Gasteiger partial charge on any atom is -0.353 e. The van der Waals surface area contributed by atoms with E-state index in [1.165, 1.54) is 16.7 Å². The van der Waals surface area contributed by atoms with Gasteiger partial charge in [0.05, 0.1) is 12.6 Å². The van der Waals surface area contributed by atoms with Crippen molar-refractivity contribution in [2.75, 3.05) is 6.61 Å². The number of amides is 1. The Hall–Kier alpha value is -2.91. The Balaban J connectivity index is 1.40. The highest BCUT2D eigenvalue weighted by Gasteiger charge is 2.54. The fourth-order valence-electron chi connectivity index (χ4n) is 4.59. The molecule has 28 heavy (non-hydrogen) atoms. The minimum absolute atomic E-state index is 0.0137. The van der Waals surface area contributed by atoms with E-state index in [1.54, 1.807) is 0 Å². The van der Waals surface area contributed by atoms with E-state index in [9.17, 15) is 4.79 Å². The molecule has 0 N–H and O–H groups in total. The summed E-state index contributed by atoms with van der Waals surface area (Å²) in [6.45, 7) is 0.567. The molecule has 3 heteroatoms. The maximum Gasteiger partial charge on any atom is 0.225 e. The molecule has 0 saturated carbocycles. The summed E-state index contributed by atoms with van der Waals surface area (Å²) in [7, 11) is 0. The molecule has 2 aliphatic heterocycles. The van der Waals surface area contributed by atoms with Gasteiger partial charge in [-0.15, -0.1) is 0 Å². The van der Waals surface area contributed by atoms with E-state index in [-0.39, 0.29) is 11.9 Å². The number of hydrogen-bond donors (Lipinski definition) is 0. The first kappa shape index (κ1) is 17.2. The first-order valence-electron chi connectivity index (χ1n) is 9.91. The Morgan fingerprint density at radius 1 is 0.857 bits per heavy atom. The third-order valence-electron chi connectivity index (χ3n) is 5.98. The van der Waals surface area contributed by atoms with Gasteiger partial charge in [-0.3, -0.25) is 4.79 Å². The van der Waals surface area contributed by atoms with Crippen LogP contribution >= 0.6 is 0 Å². The zero-order valence-corrected chi connectivity index (χ0v) is 15.8. The molecule has 0 aromatic heterocycles. The van der Waals surface area contributed by atoms with Crippen LogP contribution in [0.3, 0.4) is 0 Å². The summed E-state index contributed by atoms with van der Waals surface area (Å²) < 4.78 is 6.33. The lowest BCUT2D eigenvalue weighted by molar-refractivity contribution is -0.138. The van der Waals surface area contributed by atoms with Crippen molar-refractivity contribution in [1.29, 1.82) is 0 Å². The molecule has 5 rings (SSSR count). The van der Waals surface area contributed by atoms with E-state index >= 15 is 0 Å². The number of ether oxygens (including phenoxy) is 1. The van der Waals surface area contributed by atoms with Crippen LogP contribution in [0.15, 0.2) is 84.9 Å². The maximum atomic E-state index is 12.7. The summed E-state index contributed by atoms with van der Waals surface area (Å²) in [5.41, 5.74) is 4.26. The van der Waals surface area contributed by atoms with Crippen molar-refractivity contribution >= 4 is 5.91 Å². The highest BCUT2D eigenvalue weighted by molar-refractivity contribution is 5.80. The Morgan fingerprint density at radius 2 is 1.50 bits per heavy atom. The zero-order valence-electron chi connectivity index (χ0n) is 15.8. The summed E-state index contributed by atoms with van der Waals surface area (Å²) in [6, 6.07) is 29.3. The molecule has 2 heterocycles. The number of benzene rings is 3. The third-order valence-corrected chi connectivity index (χ3v) is 5.98. The Kier molecular flexibility index (Phi) is 4.25. The number of carbonyl (C=O) groups excluding carboxylic acids is 1. The van der Waals surface area contributed by atoms with E-state index in [0.29, 0.717) is 13.0 Å². The van der Waals surface area contributed by atoms with E-state index in [2.05, 4.69) is 60.7 Å². The molecule has 0 bridgehead atoms. The molecule has 2 fully saturated rings. The van der Waals surface area contributed by atoms with Crippen LogP contribution < -0.4 is 0 Å². The largest absolute Gasteiger partial charge is 0.353 e. The van der Waals surface area contributed by atoms with Crippen molar-refractivity contribution in [2.45, 2.75) is 31.0 Å². The van der Waals surface area contributed by atoms with Gasteiger partial charge in [0.15, 0.2) is 0 Å². The van der Waals surface area contributed by atoms with Gasteiger partial charge in [-0.1, -0.05) is 84.9 Å². The van der Waals surface area contributed by atoms with Gasteiger partial charge in [0.25, 0.3) is 0 Å². The first-order chi connectivity index (χ1) is 13.8. The fourth-order valence-corrected chi connectivity index (χ4v) is 4.59. The average Bonchev–Trinajstić information content (AvgIpc) is 3.27. The van der Waals surface area contributed by atoms with Crippen LogP contribution in [0.25, 0.3) is 11.1 Å². The molecule has 3 aromatic carbocycles. The normalized spacial score (nSPS) is 23.8. The van der Waals surface area contributed by atoms with Crippen molar-refractivity contribution in [2.24, 2.45) is 0 Å².